The van der Waals surface area contributed by atoms with Gasteiger partial charge in [-0.2, -0.15) is 25.3 Å². The van der Waals surface area contributed by atoms with Crippen molar-refractivity contribution in [2.24, 2.45) is 0 Å². The fraction of sp³-hybridized carbons (Fsp3) is 0.962. The van der Waals surface area contributed by atoms with Crippen LogP contribution in [0.2, 0.25) is 8.87 Å². The van der Waals surface area contributed by atoms with Crippen LogP contribution in [0, 0.1) is 0 Å². The summed E-state index contributed by atoms with van der Waals surface area (Å²) in [5.74, 6) is -1.96. The molecule has 0 saturated carbocycles. The number of carbonyl (C=O) groups excluding carboxylic acids is 2. The Morgan fingerprint density at radius 2 is 0.492 bits per heavy atom. The van der Waals surface area contributed by atoms with Crippen LogP contribution in [0.1, 0.15) is 298 Å². The first-order chi connectivity index (χ1) is 28.5. The SMILES string of the molecule is CCCCCCCCC(S)(CCCCCCCC)C(=O)[O-].CCCCCCCCC(S)(CCCCCCCC)C(=O)[O-].CCCCCCC[CH2][Sn+2][CH2]CCCCCCC. The molecule has 0 unspecified atom stereocenters. The fourth-order valence-electron chi connectivity index (χ4n) is 7.64. The van der Waals surface area contributed by atoms with E-state index in [4.69, 9.17) is 0 Å². The molecule has 0 aliphatic rings. The van der Waals surface area contributed by atoms with E-state index in [1.165, 1.54) is 167 Å². The van der Waals surface area contributed by atoms with Crippen molar-refractivity contribution in [3.05, 3.63) is 0 Å². The molecule has 0 fully saturated rings. The monoisotopic (exact) mass is 977 g/mol. The molecule has 0 amide bonds. The summed E-state index contributed by atoms with van der Waals surface area (Å²) in [6.45, 7) is 13.4. The van der Waals surface area contributed by atoms with Crippen molar-refractivity contribution in [1.29, 1.82) is 0 Å². The molecule has 0 rings (SSSR count). The average molecular weight is 976 g/mol. The van der Waals surface area contributed by atoms with Crippen LogP contribution in [0.4, 0.5) is 0 Å². The van der Waals surface area contributed by atoms with Crippen LogP contribution in [0.15, 0.2) is 0 Å². The van der Waals surface area contributed by atoms with Crippen molar-refractivity contribution in [3.63, 3.8) is 0 Å². The summed E-state index contributed by atoms with van der Waals surface area (Å²) in [5.41, 5.74) is 0. The minimum absolute atomic E-state index is 0.0736. The van der Waals surface area contributed by atoms with E-state index < -0.39 is 21.4 Å². The van der Waals surface area contributed by atoms with E-state index in [2.05, 4.69) is 66.8 Å². The van der Waals surface area contributed by atoms with E-state index >= 15 is 0 Å². The topological polar surface area (TPSA) is 80.3 Å². The van der Waals surface area contributed by atoms with Gasteiger partial charge < -0.3 is 19.8 Å². The van der Waals surface area contributed by atoms with Gasteiger partial charge in [0.05, 0.1) is 21.4 Å². The molecule has 0 radical (unpaired) electrons. The van der Waals surface area contributed by atoms with Gasteiger partial charge in [0.1, 0.15) is 0 Å². The molecule has 4 nitrogen and oxygen atoms in total. The second-order valence-electron chi connectivity index (χ2n) is 18.0. The first-order valence-corrected chi connectivity index (χ1v) is 31.1. The molecule has 0 aliphatic carbocycles. The molecule has 0 spiro atoms. The maximum atomic E-state index is 11.4. The van der Waals surface area contributed by atoms with Gasteiger partial charge >= 0.3 is 121 Å². The Kier molecular flexibility index (Phi) is 55.2. The third-order valence-electron chi connectivity index (χ3n) is 11.9. The van der Waals surface area contributed by atoms with Gasteiger partial charge in [0.2, 0.25) is 0 Å². The third kappa shape index (κ3) is 47.7. The molecule has 0 aromatic rings. The maximum absolute atomic E-state index is 11.4. The molecule has 0 saturated heterocycles. The molecule has 0 aromatic carbocycles. The zero-order valence-corrected chi connectivity index (χ0v) is 45.4. The normalized spacial score (nSPS) is 11.4. The molecular formula is C52H104O4S2Sn. The minimum atomic E-state index is -0.979. The second-order valence-corrected chi connectivity index (χ2v) is 24.0. The number of hydrogen-bond donors (Lipinski definition) is 2. The molecule has 0 atom stereocenters. The molecule has 0 N–H and O–H groups in total. The number of carboxylic acids is 2. The third-order valence-corrected chi connectivity index (χ3v) is 17.2. The van der Waals surface area contributed by atoms with Gasteiger partial charge in [-0.3, -0.25) is 0 Å². The van der Waals surface area contributed by atoms with Crippen LogP contribution in [0.25, 0.3) is 0 Å². The quantitative estimate of drug-likeness (QED) is 0.0362. The van der Waals surface area contributed by atoms with Crippen molar-refractivity contribution in [2.45, 2.75) is 317 Å². The first kappa shape index (κ1) is 63.7. The molecular weight excluding hydrogens is 871 g/mol. The van der Waals surface area contributed by atoms with E-state index in [0.29, 0.717) is 25.7 Å². The molecule has 0 aliphatic heterocycles. The number of hydrogen-bond acceptors (Lipinski definition) is 6. The summed E-state index contributed by atoms with van der Waals surface area (Å²) in [7, 11) is 0. The zero-order valence-electron chi connectivity index (χ0n) is 40.7. The molecule has 0 bridgehead atoms. The van der Waals surface area contributed by atoms with E-state index in [-0.39, 0.29) is 21.1 Å². The molecule has 7 heteroatoms. The van der Waals surface area contributed by atoms with Crippen LogP contribution in [-0.4, -0.2) is 42.6 Å². The number of rotatable bonds is 44. The van der Waals surface area contributed by atoms with E-state index in [1.54, 1.807) is 21.7 Å². The number of unbranched alkanes of at least 4 members (excludes halogenated alkanes) is 30. The Hall–Kier alpha value is 0.439. The van der Waals surface area contributed by atoms with Crippen molar-refractivity contribution in [1.82, 2.24) is 0 Å². The van der Waals surface area contributed by atoms with Crippen molar-refractivity contribution in [3.8, 4) is 0 Å². The number of thiol groups is 2. The van der Waals surface area contributed by atoms with Gasteiger partial charge in [0.15, 0.2) is 0 Å². The Labute approximate surface area is 392 Å². The number of carboxylic acid groups (broad SMARTS) is 2. The number of aliphatic carboxylic acids is 2. The van der Waals surface area contributed by atoms with E-state index in [9.17, 15) is 19.8 Å². The van der Waals surface area contributed by atoms with Gasteiger partial charge in [0, 0.05) is 0 Å². The predicted octanol–water partition coefficient (Wildman–Crippen LogP) is 16.1. The second kappa shape index (κ2) is 51.1. The van der Waals surface area contributed by atoms with Gasteiger partial charge in [-0.05, 0) is 25.7 Å². The molecule has 0 aromatic heterocycles. The van der Waals surface area contributed by atoms with E-state index in [0.717, 1.165) is 51.4 Å². The standard InChI is InChI=1S/2C18H36O2S.2C8H17.Sn/c2*1-3-5-7-9-11-13-15-18(21,17(19)20)16-14-12-10-8-6-4-2;2*1-3-5-7-8-6-4-2;/h2*21H,3-16H2,1-2H3,(H,19,20);2*1,3-8H2,2H3;/q;;;;+2/p-2. The first-order valence-electron chi connectivity index (χ1n) is 26.1. The Bertz CT molecular complexity index is 744. The summed E-state index contributed by atoms with van der Waals surface area (Å²) < 4.78 is 1.50. The summed E-state index contributed by atoms with van der Waals surface area (Å²) in [6.07, 6.45) is 48.7. The van der Waals surface area contributed by atoms with Crippen molar-refractivity contribution >= 4 is 58.3 Å². The zero-order chi connectivity index (χ0) is 44.6. The van der Waals surface area contributed by atoms with Crippen molar-refractivity contribution in [2.75, 3.05) is 0 Å². The summed E-state index contributed by atoms with van der Waals surface area (Å²) in [5, 5.41) is 22.7. The van der Waals surface area contributed by atoms with Crippen LogP contribution in [0.3, 0.4) is 0 Å². The molecule has 59 heavy (non-hydrogen) atoms. The fourth-order valence-corrected chi connectivity index (χ4v) is 11.8. The van der Waals surface area contributed by atoms with Crippen LogP contribution in [0.5, 0.6) is 0 Å². The van der Waals surface area contributed by atoms with Gasteiger partial charge in [-0.1, -0.05) is 182 Å². The van der Waals surface area contributed by atoms with Gasteiger partial charge in [-0.15, -0.1) is 0 Å². The van der Waals surface area contributed by atoms with Gasteiger partial charge in [0.25, 0.3) is 0 Å². The Balaban J connectivity index is -0.000000803. The number of carbonyl (C=O) groups is 2. The van der Waals surface area contributed by atoms with Crippen LogP contribution < -0.4 is 10.2 Å². The van der Waals surface area contributed by atoms with Crippen LogP contribution >= 0.6 is 25.3 Å². The summed E-state index contributed by atoms with van der Waals surface area (Å²) in [6, 6.07) is 0. The van der Waals surface area contributed by atoms with E-state index in [1.807, 2.05) is 0 Å². The summed E-state index contributed by atoms with van der Waals surface area (Å²) in [4.78, 5) is 22.7. The van der Waals surface area contributed by atoms with Gasteiger partial charge in [-0.25, -0.2) is 0 Å². The Morgan fingerprint density at radius 3 is 0.678 bits per heavy atom. The van der Waals surface area contributed by atoms with Crippen LogP contribution in [-0.2, 0) is 9.59 Å². The molecule has 0 heterocycles. The molecule has 352 valence electrons. The van der Waals surface area contributed by atoms with Crippen molar-refractivity contribution < 1.29 is 19.8 Å². The predicted molar refractivity (Wildman–Crippen MR) is 268 cm³/mol. The summed E-state index contributed by atoms with van der Waals surface area (Å²) >= 11 is 8.95. The Morgan fingerprint density at radius 1 is 0.322 bits per heavy atom. The average Bonchev–Trinajstić information content (AvgIpc) is 3.22.